The van der Waals surface area contributed by atoms with Gasteiger partial charge in [0.2, 0.25) is 5.69 Å². The number of rotatable bonds is 16. The molecule has 48 heavy (non-hydrogen) atoms. The van der Waals surface area contributed by atoms with Gasteiger partial charge in [0.05, 0.1) is 5.54 Å². The first-order valence-corrected chi connectivity index (χ1v) is 16.4. The number of aliphatic carboxylic acids is 1. The Kier molecular flexibility index (Phi) is 11.1. The number of aryl methyl sites for hydroxylation is 1. The summed E-state index contributed by atoms with van der Waals surface area (Å²) in [5.41, 5.74) is 10.8. The van der Waals surface area contributed by atoms with Crippen LogP contribution in [0.5, 0.6) is 5.75 Å². The van der Waals surface area contributed by atoms with Crippen molar-refractivity contribution in [2.24, 2.45) is 17.9 Å². The summed E-state index contributed by atoms with van der Waals surface area (Å²) in [5, 5.41) is 25.3. The number of hydrogen-bond acceptors (Lipinski definition) is 15. The average molecular weight is 709 g/mol. The van der Waals surface area contributed by atoms with Gasteiger partial charge in [-0.15, -0.1) is 15.6 Å². The lowest BCUT2D eigenvalue weighted by Gasteiger charge is -2.50. The summed E-state index contributed by atoms with van der Waals surface area (Å²) in [6, 6.07) is 9.21. The van der Waals surface area contributed by atoms with Crippen molar-refractivity contribution >= 4 is 56.2 Å². The highest BCUT2D eigenvalue weighted by Gasteiger charge is 2.58. The number of hydrogen-bond donors (Lipinski definition) is 6. The number of nitrogens with two attached hydrogens (primary N) is 2. The van der Waals surface area contributed by atoms with Gasteiger partial charge < -0.3 is 36.8 Å². The first-order chi connectivity index (χ1) is 22.6. The van der Waals surface area contributed by atoms with Gasteiger partial charge in [-0.25, -0.2) is 9.78 Å². The fraction of sp³-hybridized carbons (Fsp3) is 0.370. The van der Waals surface area contributed by atoms with E-state index in [4.69, 9.17) is 25.6 Å². The molecule has 0 aliphatic carbocycles. The zero-order valence-corrected chi connectivity index (χ0v) is 27.5. The van der Waals surface area contributed by atoms with E-state index in [9.17, 15) is 27.9 Å². The Hall–Kier alpha value is -4.96. The molecule has 0 spiro atoms. The number of carboxylic acids is 1. The smallest absolute Gasteiger partial charge is 0.418 e. The van der Waals surface area contributed by atoms with Crippen LogP contribution in [0.4, 0.5) is 10.9 Å². The number of carboxylic acid groups (broad SMARTS) is 1. The molecule has 21 heteroatoms. The minimum absolute atomic E-state index is 0.0549. The molecule has 2 amide bonds. The van der Waals surface area contributed by atoms with Crippen LogP contribution in [0, 0.1) is 0 Å². The summed E-state index contributed by atoms with van der Waals surface area (Å²) in [7, 11) is -3.22. The quantitative estimate of drug-likeness (QED) is 0.0272. The molecule has 8 N–H and O–H groups in total. The molecule has 3 heterocycles. The number of anilines is 2. The Balaban J connectivity index is 1.43. The van der Waals surface area contributed by atoms with E-state index in [0.29, 0.717) is 29.7 Å². The summed E-state index contributed by atoms with van der Waals surface area (Å²) in [4.78, 5) is 46.9. The molecule has 1 unspecified atom stereocenters. The van der Waals surface area contributed by atoms with Crippen LogP contribution >= 0.6 is 11.3 Å². The minimum Gasteiger partial charge on any atom is -0.489 e. The maximum absolute atomic E-state index is 13.2. The molecule has 1 fully saturated rings. The Morgan fingerprint density at radius 1 is 1.23 bits per heavy atom. The van der Waals surface area contributed by atoms with E-state index in [0.717, 1.165) is 29.0 Å². The van der Waals surface area contributed by atoms with Gasteiger partial charge >= 0.3 is 16.4 Å². The number of thiazole rings is 1. The SMILES string of the molecule is C[n+]1nc(NCCCN)ccc1-c1ccc(OC[C@H](O/N=C(\C(=O)NC2C(=O)N(OS(=O)(=O)O)C2(C)C)c2csc(N)n2)C(=O)O)cc1. The summed E-state index contributed by atoms with van der Waals surface area (Å²) in [6.45, 7) is 3.48. The standard InChI is InChI=1S/C27H33N9O10S2/c1-27(2)22(24(38)36(27)46-48(41,42)43)32-23(37)21(17-14-47-26(29)31-17)34-45-19(25(39)40)13-44-16-7-5-15(6-8-16)18-9-10-20(33-35(18)3)30-12-4-11-28/h5-10,14,19,22H,4,11-13,28H2,1-3H3,(H5-,29,30,31,32,33,37,39,40,41,42,43)/p+1/b34-21-/t19-,22?/m0/s1. The largest absolute Gasteiger partial charge is 0.489 e. The van der Waals surface area contributed by atoms with Crippen molar-refractivity contribution in [1.82, 2.24) is 20.5 Å². The molecule has 0 bridgehead atoms. The van der Waals surface area contributed by atoms with Crippen molar-refractivity contribution in [2.45, 2.75) is 38.0 Å². The highest BCUT2D eigenvalue weighted by molar-refractivity contribution is 7.80. The van der Waals surface area contributed by atoms with E-state index < -0.39 is 58.2 Å². The molecule has 1 aliphatic heterocycles. The maximum Gasteiger partial charge on any atom is 0.418 e. The van der Waals surface area contributed by atoms with Crippen LogP contribution in [0.1, 0.15) is 26.0 Å². The van der Waals surface area contributed by atoms with Crippen molar-refractivity contribution in [3.63, 3.8) is 0 Å². The van der Waals surface area contributed by atoms with Crippen LogP contribution in [-0.2, 0) is 41.0 Å². The Bertz CT molecular complexity index is 1800. The van der Waals surface area contributed by atoms with Crippen molar-refractivity contribution in [3.8, 4) is 17.0 Å². The number of amides is 2. The molecule has 3 aromatic rings. The molecular weight excluding hydrogens is 674 g/mol. The third-order valence-corrected chi connectivity index (χ3v) is 7.90. The molecule has 2 atom stereocenters. The Morgan fingerprint density at radius 3 is 2.50 bits per heavy atom. The van der Waals surface area contributed by atoms with Crippen molar-refractivity contribution < 1.29 is 51.0 Å². The number of carbonyl (C=O) groups excluding carboxylic acids is 2. The van der Waals surface area contributed by atoms with Crippen LogP contribution < -0.4 is 31.5 Å². The van der Waals surface area contributed by atoms with Gasteiger partial charge in [-0.05, 0) is 57.1 Å². The lowest BCUT2D eigenvalue weighted by atomic mass is 9.84. The molecular formula is C27H34N9O10S2+. The molecule has 1 aliphatic rings. The molecule has 0 radical (unpaired) electrons. The normalized spacial score (nSPS) is 16.5. The van der Waals surface area contributed by atoms with Crippen LogP contribution in [0.3, 0.4) is 0 Å². The van der Waals surface area contributed by atoms with E-state index in [1.54, 1.807) is 36.0 Å². The van der Waals surface area contributed by atoms with Crippen LogP contribution in [0.25, 0.3) is 11.3 Å². The minimum atomic E-state index is -5.02. The van der Waals surface area contributed by atoms with Gasteiger partial charge in [-0.2, -0.15) is 13.5 Å². The Labute approximate surface area is 278 Å². The monoisotopic (exact) mass is 708 g/mol. The number of hydroxylamine groups is 2. The highest BCUT2D eigenvalue weighted by Crippen LogP contribution is 2.33. The number of nitrogens with zero attached hydrogens (tertiary/aromatic N) is 5. The predicted octanol–water partition coefficient (Wildman–Crippen LogP) is -0.535. The zero-order valence-electron chi connectivity index (χ0n) is 25.9. The van der Waals surface area contributed by atoms with Crippen LogP contribution in [0.15, 0.2) is 46.9 Å². The van der Waals surface area contributed by atoms with Crippen molar-refractivity contribution in [2.75, 3.05) is 30.7 Å². The number of nitrogen functional groups attached to an aromatic ring is 1. The molecule has 19 nitrogen and oxygen atoms in total. The van der Waals surface area contributed by atoms with Crippen LogP contribution in [0.2, 0.25) is 0 Å². The third-order valence-electron chi connectivity index (χ3n) is 6.89. The van der Waals surface area contributed by atoms with Crippen molar-refractivity contribution in [3.05, 3.63) is 47.5 Å². The Morgan fingerprint density at radius 2 is 1.94 bits per heavy atom. The summed E-state index contributed by atoms with van der Waals surface area (Å²) in [5.74, 6) is -2.46. The third kappa shape index (κ3) is 8.68. The van der Waals surface area contributed by atoms with E-state index in [2.05, 4.69) is 30.2 Å². The molecule has 4 rings (SSSR count). The predicted molar refractivity (Wildman–Crippen MR) is 170 cm³/mol. The van der Waals surface area contributed by atoms with E-state index in [-0.39, 0.29) is 10.8 Å². The maximum atomic E-state index is 13.2. The number of nitrogens with one attached hydrogen (secondary N) is 2. The number of ether oxygens (including phenoxy) is 1. The molecule has 0 saturated carbocycles. The molecule has 258 valence electrons. The van der Waals surface area contributed by atoms with Gasteiger partial charge in [0.25, 0.3) is 17.9 Å². The van der Waals surface area contributed by atoms with Crippen LogP contribution in [-0.4, -0.2) is 94.1 Å². The fourth-order valence-electron chi connectivity index (χ4n) is 4.39. The molecule has 1 saturated heterocycles. The first-order valence-electron chi connectivity index (χ1n) is 14.1. The summed E-state index contributed by atoms with van der Waals surface area (Å²) in [6.07, 6.45) is -0.878. The zero-order chi connectivity index (χ0) is 35.2. The van der Waals surface area contributed by atoms with E-state index in [1.807, 2.05) is 12.1 Å². The second kappa shape index (κ2) is 14.9. The number of oxime groups is 1. The second-order valence-corrected chi connectivity index (χ2v) is 12.7. The van der Waals surface area contributed by atoms with Gasteiger partial charge in [0.15, 0.2) is 23.7 Å². The highest BCUT2D eigenvalue weighted by atomic mass is 32.3. The number of aromatic nitrogens is 3. The molecule has 1 aromatic carbocycles. The van der Waals surface area contributed by atoms with Gasteiger partial charge in [0, 0.05) is 28.7 Å². The lowest BCUT2D eigenvalue weighted by Crippen LogP contribution is -2.76. The van der Waals surface area contributed by atoms with Crippen molar-refractivity contribution in [1.29, 1.82) is 0 Å². The topological polar surface area (TPSA) is 275 Å². The van der Waals surface area contributed by atoms with E-state index in [1.165, 1.54) is 19.2 Å². The molecule has 2 aromatic heterocycles. The first kappa shape index (κ1) is 35.9. The van der Waals surface area contributed by atoms with Gasteiger partial charge in [0.1, 0.15) is 24.1 Å². The number of β-lactam (4-membered cyclic amide) rings is 1. The summed E-state index contributed by atoms with van der Waals surface area (Å²) < 4.78 is 42.8. The number of carbonyl (C=O) groups is 3. The fourth-order valence-corrected chi connectivity index (χ4v) is 5.39. The average Bonchev–Trinajstić information content (AvgIpc) is 3.45. The van der Waals surface area contributed by atoms with Gasteiger partial charge in [-0.1, -0.05) is 9.84 Å². The van der Waals surface area contributed by atoms with Gasteiger partial charge in [-0.3, -0.25) is 14.1 Å². The van der Waals surface area contributed by atoms with E-state index >= 15 is 0 Å². The second-order valence-electron chi connectivity index (χ2n) is 10.8. The summed E-state index contributed by atoms with van der Waals surface area (Å²) >= 11 is 0.956. The lowest BCUT2D eigenvalue weighted by molar-refractivity contribution is -0.719. The number of benzene rings is 1.